The van der Waals surface area contributed by atoms with Crippen molar-refractivity contribution < 1.29 is 4.79 Å². The Morgan fingerprint density at radius 3 is 1.84 bits per heavy atom. The van der Waals surface area contributed by atoms with Gasteiger partial charge in [-0.3, -0.25) is 4.79 Å². The smallest absolute Gasteiger partial charge is 0.207 e. The average Bonchev–Trinajstić information content (AvgIpc) is 3.08. The summed E-state index contributed by atoms with van der Waals surface area (Å²) in [6.45, 7) is 2.11. The second kappa shape index (κ2) is 4.23. The first kappa shape index (κ1) is 12.0. The van der Waals surface area contributed by atoms with Crippen LogP contribution in [0.15, 0.2) is 60.7 Å². The molecule has 1 fully saturated rings. The molecule has 1 aliphatic rings. The summed E-state index contributed by atoms with van der Waals surface area (Å²) in [5, 5.41) is 3.00. The first-order chi connectivity index (χ1) is 9.23. The highest BCUT2D eigenvalue weighted by Crippen LogP contribution is 2.61. The van der Waals surface area contributed by atoms with E-state index in [1.54, 1.807) is 0 Å². The van der Waals surface area contributed by atoms with Gasteiger partial charge in [-0.2, -0.15) is 0 Å². The van der Waals surface area contributed by atoms with Crippen molar-refractivity contribution in [1.82, 2.24) is 5.32 Å². The van der Waals surface area contributed by atoms with E-state index in [1.165, 1.54) is 11.1 Å². The molecule has 1 saturated carbocycles. The Kier molecular flexibility index (Phi) is 2.67. The molecule has 0 spiro atoms. The molecule has 2 nitrogen and oxygen atoms in total. The summed E-state index contributed by atoms with van der Waals surface area (Å²) in [7, 11) is 0. The van der Waals surface area contributed by atoms with Gasteiger partial charge in [0, 0.05) is 5.41 Å². The van der Waals surface area contributed by atoms with Crippen molar-refractivity contribution in [3.8, 4) is 0 Å². The molecule has 19 heavy (non-hydrogen) atoms. The van der Waals surface area contributed by atoms with E-state index >= 15 is 0 Å². The Balaban J connectivity index is 2.12. The number of nitrogens with one attached hydrogen (secondary N) is 1. The molecule has 1 atom stereocenters. The summed E-state index contributed by atoms with van der Waals surface area (Å²) < 4.78 is 0. The Bertz CT molecular complexity index is 539. The predicted molar refractivity (Wildman–Crippen MR) is 75.9 cm³/mol. The molecule has 0 radical (unpaired) electrons. The van der Waals surface area contributed by atoms with Gasteiger partial charge in [0.2, 0.25) is 6.41 Å². The number of benzene rings is 2. The van der Waals surface area contributed by atoms with E-state index in [0.717, 1.165) is 12.8 Å². The number of amides is 1. The van der Waals surface area contributed by atoms with Gasteiger partial charge in [-0.25, -0.2) is 0 Å². The van der Waals surface area contributed by atoms with Crippen LogP contribution in [0.5, 0.6) is 0 Å². The van der Waals surface area contributed by atoms with Crippen molar-refractivity contribution in [2.24, 2.45) is 0 Å². The fourth-order valence-corrected chi connectivity index (χ4v) is 3.24. The van der Waals surface area contributed by atoms with Crippen LogP contribution in [0.2, 0.25) is 0 Å². The van der Waals surface area contributed by atoms with Gasteiger partial charge in [0.05, 0.1) is 5.54 Å². The first-order valence-electron chi connectivity index (χ1n) is 6.55. The Morgan fingerprint density at radius 1 is 0.947 bits per heavy atom. The predicted octanol–water partition coefficient (Wildman–Crippen LogP) is 2.88. The summed E-state index contributed by atoms with van der Waals surface area (Å²) in [5.74, 6) is 0. The lowest BCUT2D eigenvalue weighted by molar-refractivity contribution is -0.110. The quantitative estimate of drug-likeness (QED) is 0.832. The second-order valence-corrected chi connectivity index (χ2v) is 5.41. The molecule has 0 unspecified atom stereocenters. The first-order valence-corrected chi connectivity index (χ1v) is 6.55. The maximum atomic E-state index is 10.9. The molecule has 2 aromatic carbocycles. The zero-order chi connectivity index (χ0) is 13.3. The van der Waals surface area contributed by atoms with Crippen LogP contribution in [-0.2, 0) is 10.2 Å². The third-order valence-corrected chi connectivity index (χ3v) is 4.35. The number of carbonyl (C=O) groups excluding carboxylic acids is 1. The molecule has 0 aliphatic heterocycles. The molecular weight excluding hydrogens is 234 g/mol. The molecule has 3 rings (SSSR count). The van der Waals surface area contributed by atoms with Crippen molar-refractivity contribution in [1.29, 1.82) is 0 Å². The van der Waals surface area contributed by atoms with E-state index in [-0.39, 0.29) is 11.0 Å². The molecule has 1 amide bonds. The normalized spacial score (nSPS) is 23.6. The number of rotatable bonds is 4. The molecular formula is C17H17NO. The van der Waals surface area contributed by atoms with Gasteiger partial charge in [-0.15, -0.1) is 0 Å². The second-order valence-electron chi connectivity index (χ2n) is 5.41. The van der Waals surface area contributed by atoms with E-state index in [1.807, 2.05) is 12.1 Å². The zero-order valence-corrected chi connectivity index (χ0v) is 11.0. The van der Waals surface area contributed by atoms with Gasteiger partial charge in [0.25, 0.3) is 0 Å². The third kappa shape index (κ3) is 1.67. The highest BCUT2D eigenvalue weighted by Gasteiger charge is 2.66. The lowest BCUT2D eigenvalue weighted by Gasteiger charge is -2.24. The highest BCUT2D eigenvalue weighted by atomic mass is 16.1. The minimum absolute atomic E-state index is 0.101. The van der Waals surface area contributed by atoms with E-state index in [0.29, 0.717) is 0 Å². The standard InChI is InChI=1S/C17H17NO/c1-16(18-13-19)12-17(16,14-8-4-2-5-9-14)15-10-6-3-7-11-15/h2-11,13H,12H2,1H3,(H,18,19)/t16-/m1/s1. The van der Waals surface area contributed by atoms with Gasteiger partial charge < -0.3 is 5.32 Å². The minimum Gasteiger partial charge on any atom is -0.352 e. The van der Waals surface area contributed by atoms with E-state index in [9.17, 15) is 4.79 Å². The van der Waals surface area contributed by atoms with Crippen LogP contribution in [-0.4, -0.2) is 11.9 Å². The fraction of sp³-hybridized carbons (Fsp3) is 0.235. The van der Waals surface area contributed by atoms with Crippen LogP contribution in [0.1, 0.15) is 24.5 Å². The molecule has 2 heteroatoms. The van der Waals surface area contributed by atoms with Crippen molar-refractivity contribution >= 4 is 6.41 Å². The summed E-state index contributed by atoms with van der Waals surface area (Å²) in [4.78, 5) is 10.9. The molecule has 1 N–H and O–H groups in total. The molecule has 0 aromatic heterocycles. The number of hydrogen-bond donors (Lipinski definition) is 1. The topological polar surface area (TPSA) is 29.1 Å². The SMILES string of the molecule is C[C@@]1(NC=O)CC1(c1ccccc1)c1ccccc1. The van der Waals surface area contributed by atoms with Crippen LogP contribution in [0.4, 0.5) is 0 Å². The van der Waals surface area contributed by atoms with Crippen LogP contribution in [0.3, 0.4) is 0 Å². The maximum Gasteiger partial charge on any atom is 0.207 e. The Morgan fingerprint density at radius 2 is 1.42 bits per heavy atom. The molecule has 2 aromatic rings. The molecule has 96 valence electrons. The lowest BCUT2D eigenvalue weighted by Crippen LogP contribution is -2.36. The number of carbonyl (C=O) groups is 1. The largest absolute Gasteiger partial charge is 0.352 e. The van der Waals surface area contributed by atoms with Gasteiger partial charge in [-0.05, 0) is 24.5 Å². The maximum absolute atomic E-state index is 10.9. The zero-order valence-electron chi connectivity index (χ0n) is 11.0. The van der Waals surface area contributed by atoms with Gasteiger partial charge in [0.1, 0.15) is 0 Å². The van der Waals surface area contributed by atoms with E-state index < -0.39 is 0 Å². The Hall–Kier alpha value is -2.09. The Labute approximate surface area is 113 Å². The summed E-state index contributed by atoms with van der Waals surface area (Å²) in [5.41, 5.74) is 2.23. The van der Waals surface area contributed by atoms with Crippen LogP contribution in [0, 0.1) is 0 Å². The van der Waals surface area contributed by atoms with Gasteiger partial charge in [-0.1, -0.05) is 60.7 Å². The van der Waals surface area contributed by atoms with E-state index in [4.69, 9.17) is 0 Å². The summed E-state index contributed by atoms with van der Waals surface area (Å²) in [6, 6.07) is 20.8. The highest BCUT2D eigenvalue weighted by molar-refractivity contribution is 5.59. The van der Waals surface area contributed by atoms with Crippen LogP contribution < -0.4 is 5.32 Å². The van der Waals surface area contributed by atoms with Crippen molar-refractivity contribution in [3.63, 3.8) is 0 Å². The van der Waals surface area contributed by atoms with E-state index in [2.05, 4.69) is 60.8 Å². The summed E-state index contributed by atoms with van der Waals surface area (Å²) >= 11 is 0. The summed E-state index contributed by atoms with van der Waals surface area (Å²) in [6.07, 6.45) is 1.75. The average molecular weight is 251 g/mol. The lowest BCUT2D eigenvalue weighted by atomic mass is 9.84. The van der Waals surface area contributed by atoms with Crippen LogP contribution in [0.25, 0.3) is 0 Å². The van der Waals surface area contributed by atoms with Crippen molar-refractivity contribution in [2.75, 3.05) is 0 Å². The van der Waals surface area contributed by atoms with Gasteiger partial charge >= 0.3 is 0 Å². The number of hydrogen-bond acceptors (Lipinski definition) is 1. The van der Waals surface area contributed by atoms with Crippen LogP contribution >= 0.6 is 0 Å². The molecule has 0 saturated heterocycles. The monoisotopic (exact) mass is 251 g/mol. The fourth-order valence-electron chi connectivity index (χ4n) is 3.24. The molecule has 0 heterocycles. The minimum atomic E-state index is -0.197. The van der Waals surface area contributed by atoms with Crippen molar-refractivity contribution in [3.05, 3.63) is 71.8 Å². The molecule has 1 aliphatic carbocycles. The van der Waals surface area contributed by atoms with Gasteiger partial charge in [0.15, 0.2) is 0 Å². The molecule has 0 bridgehead atoms. The third-order valence-electron chi connectivity index (χ3n) is 4.35. The van der Waals surface area contributed by atoms with Crippen molar-refractivity contribution in [2.45, 2.75) is 24.3 Å².